The SMILES string of the molecule is COC(C)(C)OC1CC2CCCC2(C)C1. The molecule has 0 spiro atoms. The van der Waals surface area contributed by atoms with Crippen LogP contribution in [-0.4, -0.2) is 19.0 Å². The molecule has 88 valence electrons. The van der Waals surface area contributed by atoms with Crippen molar-refractivity contribution in [3.05, 3.63) is 0 Å². The van der Waals surface area contributed by atoms with Gasteiger partial charge >= 0.3 is 0 Å². The summed E-state index contributed by atoms with van der Waals surface area (Å²) in [6, 6.07) is 0. The Hall–Kier alpha value is -0.0800. The van der Waals surface area contributed by atoms with Crippen LogP contribution in [0.25, 0.3) is 0 Å². The minimum atomic E-state index is -0.417. The van der Waals surface area contributed by atoms with Gasteiger partial charge < -0.3 is 9.47 Å². The van der Waals surface area contributed by atoms with E-state index in [2.05, 4.69) is 6.92 Å². The third kappa shape index (κ3) is 2.21. The van der Waals surface area contributed by atoms with Gasteiger partial charge in [0.15, 0.2) is 5.79 Å². The highest BCUT2D eigenvalue weighted by molar-refractivity contribution is 4.97. The lowest BCUT2D eigenvalue weighted by molar-refractivity contribution is -0.223. The molecule has 0 aromatic carbocycles. The molecule has 0 aliphatic heterocycles. The molecule has 2 rings (SSSR count). The molecule has 15 heavy (non-hydrogen) atoms. The van der Waals surface area contributed by atoms with Crippen LogP contribution in [0.1, 0.15) is 52.9 Å². The van der Waals surface area contributed by atoms with E-state index in [9.17, 15) is 0 Å². The first-order valence-electron chi connectivity index (χ1n) is 6.18. The van der Waals surface area contributed by atoms with Crippen molar-refractivity contribution in [1.29, 1.82) is 0 Å². The van der Waals surface area contributed by atoms with Crippen molar-refractivity contribution in [2.24, 2.45) is 11.3 Å². The summed E-state index contributed by atoms with van der Waals surface area (Å²) in [7, 11) is 1.72. The van der Waals surface area contributed by atoms with Crippen molar-refractivity contribution >= 4 is 0 Å². The molecule has 0 aromatic rings. The highest BCUT2D eigenvalue weighted by Crippen LogP contribution is 2.54. The van der Waals surface area contributed by atoms with Crippen molar-refractivity contribution < 1.29 is 9.47 Å². The minimum absolute atomic E-state index is 0.412. The summed E-state index contributed by atoms with van der Waals surface area (Å²) in [5.41, 5.74) is 0.564. The van der Waals surface area contributed by atoms with Crippen molar-refractivity contribution in [3.8, 4) is 0 Å². The fourth-order valence-electron chi connectivity index (χ4n) is 3.44. The van der Waals surface area contributed by atoms with Gasteiger partial charge in [0, 0.05) is 7.11 Å². The molecule has 0 heterocycles. The van der Waals surface area contributed by atoms with Gasteiger partial charge in [-0.15, -0.1) is 0 Å². The molecule has 0 saturated heterocycles. The first-order chi connectivity index (χ1) is 6.95. The Labute approximate surface area is 93.3 Å². The fraction of sp³-hybridized carbons (Fsp3) is 1.00. The van der Waals surface area contributed by atoms with E-state index in [0.717, 1.165) is 5.92 Å². The number of ether oxygens (including phenoxy) is 2. The maximum absolute atomic E-state index is 6.03. The average molecular weight is 212 g/mol. The zero-order valence-corrected chi connectivity index (χ0v) is 10.5. The van der Waals surface area contributed by atoms with Crippen LogP contribution in [0.15, 0.2) is 0 Å². The first kappa shape index (κ1) is 11.4. The summed E-state index contributed by atoms with van der Waals surface area (Å²) in [6.07, 6.45) is 7.10. The monoisotopic (exact) mass is 212 g/mol. The van der Waals surface area contributed by atoms with Crippen LogP contribution in [0.3, 0.4) is 0 Å². The van der Waals surface area contributed by atoms with Crippen LogP contribution in [0, 0.1) is 11.3 Å². The summed E-state index contributed by atoms with van der Waals surface area (Å²) in [5, 5.41) is 0. The van der Waals surface area contributed by atoms with Crippen molar-refractivity contribution in [3.63, 3.8) is 0 Å². The quantitative estimate of drug-likeness (QED) is 0.668. The van der Waals surface area contributed by atoms with Crippen molar-refractivity contribution in [2.75, 3.05) is 7.11 Å². The Morgan fingerprint density at radius 1 is 1.33 bits per heavy atom. The number of fused-ring (bicyclic) bond motifs is 1. The van der Waals surface area contributed by atoms with Gasteiger partial charge in [0.05, 0.1) is 6.10 Å². The van der Waals surface area contributed by atoms with E-state index < -0.39 is 5.79 Å². The molecule has 2 aliphatic carbocycles. The predicted molar refractivity (Wildman–Crippen MR) is 60.6 cm³/mol. The van der Waals surface area contributed by atoms with Gasteiger partial charge in [0.1, 0.15) is 0 Å². The Morgan fingerprint density at radius 2 is 2.07 bits per heavy atom. The topological polar surface area (TPSA) is 18.5 Å². The number of rotatable bonds is 3. The Bertz CT molecular complexity index is 235. The normalized spacial score (nSPS) is 40.8. The summed E-state index contributed by atoms with van der Waals surface area (Å²) in [4.78, 5) is 0. The van der Waals surface area contributed by atoms with Gasteiger partial charge in [-0.25, -0.2) is 0 Å². The molecule has 2 nitrogen and oxygen atoms in total. The lowest BCUT2D eigenvalue weighted by atomic mass is 9.83. The largest absolute Gasteiger partial charge is 0.354 e. The van der Waals surface area contributed by atoms with E-state index >= 15 is 0 Å². The highest BCUT2D eigenvalue weighted by atomic mass is 16.7. The van der Waals surface area contributed by atoms with Crippen LogP contribution in [-0.2, 0) is 9.47 Å². The zero-order chi connectivity index (χ0) is 11.1. The van der Waals surface area contributed by atoms with Gasteiger partial charge in [0.25, 0.3) is 0 Å². The molecule has 2 saturated carbocycles. The van der Waals surface area contributed by atoms with Gasteiger partial charge in [-0.05, 0) is 50.9 Å². The first-order valence-corrected chi connectivity index (χ1v) is 6.18. The fourth-order valence-corrected chi connectivity index (χ4v) is 3.44. The average Bonchev–Trinajstić information content (AvgIpc) is 2.58. The standard InChI is InChI=1S/C13H24O2/c1-12(2,14-4)15-11-8-10-6-5-7-13(10,3)9-11/h10-11H,5-9H2,1-4H3. The third-order valence-corrected chi connectivity index (χ3v) is 4.47. The molecular weight excluding hydrogens is 188 g/mol. The van der Waals surface area contributed by atoms with Crippen LogP contribution < -0.4 is 0 Å². The molecule has 3 atom stereocenters. The van der Waals surface area contributed by atoms with Crippen LogP contribution >= 0.6 is 0 Å². The van der Waals surface area contributed by atoms with E-state index in [0.29, 0.717) is 11.5 Å². The molecule has 0 aromatic heterocycles. The second kappa shape index (κ2) is 3.74. The molecule has 2 aliphatic rings. The van der Waals surface area contributed by atoms with Gasteiger partial charge in [0.2, 0.25) is 0 Å². The van der Waals surface area contributed by atoms with Crippen LogP contribution in [0.4, 0.5) is 0 Å². The van der Waals surface area contributed by atoms with E-state index in [4.69, 9.17) is 9.47 Å². The summed E-state index contributed by atoms with van der Waals surface area (Å²) < 4.78 is 11.4. The maximum Gasteiger partial charge on any atom is 0.162 e. The predicted octanol–water partition coefficient (Wildman–Crippen LogP) is 3.35. The van der Waals surface area contributed by atoms with E-state index in [1.807, 2.05) is 13.8 Å². The maximum atomic E-state index is 6.03. The number of methoxy groups -OCH3 is 1. The highest BCUT2D eigenvalue weighted by Gasteiger charge is 2.47. The smallest absolute Gasteiger partial charge is 0.162 e. The summed E-state index contributed by atoms with van der Waals surface area (Å²) in [6.45, 7) is 6.45. The zero-order valence-electron chi connectivity index (χ0n) is 10.5. The van der Waals surface area contributed by atoms with Crippen molar-refractivity contribution in [1.82, 2.24) is 0 Å². The lowest BCUT2D eigenvalue weighted by Crippen LogP contribution is -2.31. The molecular formula is C13H24O2. The minimum Gasteiger partial charge on any atom is -0.354 e. The second-order valence-electron chi connectivity index (χ2n) is 6.03. The molecule has 0 bridgehead atoms. The van der Waals surface area contributed by atoms with Crippen LogP contribution in [0.2, 0.25) is 0 Å². The van der Waals surface area contributed by atoms with Gasteiger partial charge in [-0.3, -0.25) is 0 Å². The second-order valence-corrected chi connectivity index (χ2v) is 6.03. The lowest BCUT2D eigenvalue weighted by Gasteiger charge is -2.28. The molecule has 0 N–H and O–H groups in total. The molecule has 0 amide bonds. The number of hydrogen-bond donors (Lipinski definition) is 0. The Morgan fingerprint density at radius 3 is 2.67 bits per heavy atom. The van der Waals surface area contributed by atoms with Gasteiger partial charge in [-0.1, -0.05) is 13.3 Å². The van der Waals surface area contributed by atoms with Crippen molar-refractivity contribution in [2.45, 2.75) is 64.8 Å². The molecule has 2 heteroatoms. The van der Waals surface area contributed by atoms with E-state index in [-0.39, 0.29) is 0 Å². The summed E-state index contributed by atoms with van der Waals surface area (Å²) in [5.74, 6) is 0.481. The third-order valence-electron chi connectivity index (χ3n) is 4.47. The Kier molecular flexibility index (Phi) is 2.85. The Balaban J connectivity index is 1.93. The van der Waals surface area contributed by atoms with Crippen LogP contribution in [0.5, 0.6) is 0 Å². The van der Waals surface area contributed by atoms with E-state index in [1.165, 1.54) is 32.1 Å². The summed E-state index contributed by atoms with van der Waals surface area (Å²) >= 11 is 0. The molecule has 2 fully saturated rings. The van der Waals surface area contributed by atoms with Gasteiger partial charge in [-0.2, -0.15) is 0 Å². The molecule has 0 radical (unpaired) electrons. The van der Waals surface area contributed by atoms with E-state index in [1.54, 1.807) is 7.11 Å². The number of hydrogen-bond acceptors (Lipinski definition) is 2. The molecule has 3 unspecified atom stereocenters.